The van der Waals surface area contributed by atoms with Crippen LogP contribution in [0.2, 0.25) is 0 Å². The summed E-state index contributed by atoms with van der Waals surface area (Å²) in [6, 6.07) is 3.70. The Morgan fingerprint density at radius 2 is 2.50 bits per heavy atom. The number of rotatable bonds is 2. The summed E-state index contributed by atoms with van der Waals surface area (Å²) in [5.41, 5.74) is 0. The van der Waals surface area contributed by atoms with Crippen molar-refractivity contribution in [1.29, 1.82) is 0 Å². The summed E-state index contributed by atoms with van der Waals surface area (Å²) in [5.74, 6) is 1.15. The molecule has 1 fully saturated rings. The Balaban J connectivity index is 2.13. The van der Waals surface area contributed by atoms with Crippen LogP contribution in [-0.4, -0.2) is 19.0 Å². The first-order valence-corrected chi connectivity index (χ1v) is 3.92. The number of hydrogen-bond donors (Lipinski definition) is 0. The molecule has 0 aromatic carbocycles. The highest BCUT2D eigenvalue weighted by Gasteiger charge is 2.42. The van der Waals surface area contributed by atoms with Crippen LogP contribution in [0.4, 0.5) is 0 Å². The van der Waals surface area contributed by atoms with E-state index < -0.39 is 0 Å². The first kappa shape index (κ1) is 7.55. The normalized spacial score (nSPS) is 28.6. The summed E-state index contributed by atoms with van der Waals surface area (Å²) < 4.78 is 10.2. The second-order valence-corrected chi connectivity index (χ2v) is 2.95. The molecule has 1 aromatic rings. The number of ketones is 1. The van der Waals surface area contributed by atoms with Gasteiger partial charge in [0.25, 0.3) is 0 Å². The topological polar surface area (TPSA) is 39.4 Å². The van der Waals surface area contributed by atoms with E-state index in [4.69, 9.17) is 9.15 Å². The van der Waals surface area contributed by atoms with Crippen molar-refractivity contribution in [1.82, 2.24) is 0 Å². The average molecular weight is 166 g/mol. The lowest BCUT2D eigenvalue weighted by molar-refractivity contribution is -0.141. The molecule has 3 nitrogen and oxygen atoms in total. The average Bonchev–Trinajstić information content (AvgIpc) is 2.52. The Hall–Kier alpha value is -1.09. The smallest absolute Gasteiger partial charge is 0.163 e. The number of Topliss-reactive ketones (excluding diaryl/α,β-unsaturated/α-hetero) is 1. The van der Waals surface area contributed by atoms with Crippen LogP contribution >= 0.6 is 0 Å². The molecule has 0 saturated heterocycles. The summed E-state index contributed by atoms with van der Waals surface area (Å²) in [4.78, 5) is 11.0. The van der Waals surface area contributed by atoms with Gasteiger partial charge in [-0.3, -0.25) is 4.79 Å². The quantitative estimate of drug-likeness (QED) is 0.665. The fourth-order valence-electron chi connectivity index (χ4n) is 1.55. The molecule has 3 heteroatoms. The molecule has 0 amide bonds. The van der Waals surface area contributed by atoms with Gasteiger partial charge in [-0.25, -0.2) is 0 Å². The third kappa shape index (κ3) is 0.975. The minimum Gasteiger partial charge on any atom is -0.469 e. The van der Waals surface area contributed by atoms with E-state index in [9.17, 15) is 4.79 Å². The van der Waals surface area contributed by atoms with Crippen LogP contribution in [0.1, 0.15) is 18.1 Å². The van der Waals surface area contributed by atoms with E-state index in [1.165, 1.54) is 0 Å². The Morgan fingerprint density at radius 3 is 3.00 bits per heavy atom. The monoisotopic (exact) mass is 166 g/mol. The Kier molecular flexibility index (Phi) is 1.73. The largest absolute Gasteiger partial charge is 0.469 e. The predicted molar refractivity (Wildman–Crippen MR) is 41.9 cm³/mol. The third-order valence-electron chi connectivity index (χ3n) is 2.27. The summed E-state index contributed by atoms with van der Waals surface area (Å²) >= 11 is 0. The van der Waals surface area contributed by atoms with Gasteiger partial charge in [0.15, 0.2) is 5.78 Å². The fourth-order valence-corrected chi connectivity index (χ4v) is 1.55. The van der Waals surface area contributed by atoms with Crippen LogP contribution in [0.5, 0.6) is 0 Å². The molecule has 1 aliphatic rings. The van der Waals surface area contributed by atoms with E-state index in [-0.39, 0.29) is 17.8 Å². The summed E-state index contributed by atoms with van der Waals surface area (Å²) in [6.45, 7) is 0. The van der Waals surface area contributed by atoms with Gasteiger partial charge in [0.05, 0.1) is 12.2 Å². The van der Waals surface area contributed by atoms with Gasteiger partial charge in [-0.15, -0.1) is 0 Å². The van der Waals surface area contributed by atoms with Crippen molar-refractivity contribution in [2.75, 3.05) is 7.11 Å². The molecule has 0 radical (unpaired) electrons. The SMILES string of the molecule is CO[C@@H]1C(=O)C[C@@H]1c1ccco1. The number of carbonyl (C=O) groups excluding carboxylic acids is 1. The number of carbonyl (C=O) groups is 1. The van der Waals surface area contributed by atoms with Gasteiger partial charge in [-0.05, 0) is 12.1 Å². The number of methoxy groups -OCH3 is 1. The van der Waals surface area contributed by atoms with E-state index >= 15 is 0 Å². The van der Waals surface area contributed by atoms with Crippen molar-refractivity contribution < 1.29 is 13.9 Å². The molecule has 0 unspecified atom stereocenters. The van der Waals surface area contributed by atoms with Crippen LogP contribution in [-0.2, 0) is 9.53 Å². The summed E-state index contributed by atoms with van der Waals surface area (Å²) in [6.07, 6.45) is 1.88. The lowest BCUT2D eigenvalue weighted by Crippen LogP contribution is -2.41. The van der Waals surface area contributed by atoms with Gasteiger partial charge in [0.1, 0.15) is 11.9 Å². The summed E-state index contributed by atoms with van der Waals surface area (Å²) in [7, 11) is 1.55. The van der Waals surface area contributed by atoms with Crippen molar-refractivity contribution in [3.05, 3.63) is 24.2 Å². The van der Waals surface area contributed by atoms with E-state index in [0.29, 0.717) is 6.42 Å². The molecule has 1 aliphatic carbocycles. The molecule has 1 aromatic heterocycles. The van der Waals surface area contributed by atoms with Gasteiger partial charge in [0.2, 0.25) is 0 Å². The van der Waals surface area contributed by atoms with Crippen LogP contribution < -0.4 is 0 Å². The minimum atomic E-state index is -0.281. The molecule has 12 heavy (non-hydrogen) atoms. The highest BCUT2D eigenvalue weighted by molar-refractivity contribution is 5.91. The fraction of sp³-hybridized carbons (Fsp3) is 0.444. The molecule has 0 N–H and O–H groups in total. The van der Waals surface area contributed by atoms with Crippen molar-refractivity contribution in [2.45, 2.75) is 18.4 Å². The van der Waals surface area contributed by atoms with Crippen molar-refractivity contribution in [3.8, 4) is 0 Å². The first-order valence-electron chi connectivity index (χ1n) is 3.92. The maximum absolute atomic E-state index is 11.0. The van der Waals surface area contributed by atoms with E-state index in [0.717, 1.165) is 5.76 Å². The lowest BCUT2D eigenvalue weighted by atomic mass is 9.79. The zero-order valence-corrected chi connectivity index (χ0v) is 6.82. The zero-order chi connectivity index (χ0) is 8.55. The van der Waals surface area contributed by atoms with Gasteiger partial charge < -0.3 is 9.15 Å². The Morgan fingerprint density at radius 1 is 1.67 bits per heavy atom. The molecule has 0 aliphatic heterocycles. The van der Waals surface area contributed by atoms with Crippen LogP contribution in [0.3, 0.4) is 0 Å². The van der Waals surface area contributed by atoms with Gasteiger partial charge in [0, 0.05) is 13.5 Å². The highest BCUT2D eigenvalue weighted by Crippen LogP contribution is 2.35. The molecule has 1 heterocycles. The second kappa shape index (κ2) is 2.75. The maximum Gasteiger partial charge on any atom is 0.163 e. The third-order valence-corrected chi connectivity index (χ3v) is 2.27. The van der Waals surface area contributed by atoms with Gasteiger partial charge in [-0.1, -0.05) is 0 Å². The number of furan rings is 1. The van der Waals surface area contributed by atoms with Crippen molar-refractivity contribution >= 4 is 5.78 Å². The predicted octanol–water partition coefficient (Wildman–Crippen LogP) is 1.35. The standard InChI is InChI=1S/C9H10O3/c1-11-9-6(5-7(9)10)8-3-2-4-12-8/h2-4,6,9H,5H2,1H3/t6-,9+/m1/s1. The zero-order valence-electron chi connectivity index (χ0n) is 6.82. The van der Waals surface area contributed by atoms with Crippen LogP contribution in [0.25, 0.3) is 0 Å². The maximum atomic E-state index is 11.0. The van der Waals surface area contributed by atoms with Crippen molar-refractivity contribution in [2.24, 2.45) is 0 Å². The van der Waals surface area contributed by atoms with Crippen LogP contribution in [0.15, 0.2) is 22.8 Å². The molecule has 0 bridgehead atoms. The van der Waals surface area contributed by atoms with Gasteiger partial charge >= 0.3 is 0 Å². The van der Waals surface area contributed by atoms with E-state index in [2.05, 4.69) is 0 Å². The van der Waals surface area contributed by atoms with Crippen LogP contribution in [0, 0.1) is 0 Å². The molecular formula is C9H10O3. The van der Waals surface area contributed by atoms with Gasteiger partial charge in [-0.2, -0.15) is 0 Å². The molecular weight excluding hydrogens is 156 g/mol. The summed E-state index contributed by atoms with van der Waals surface area (Å²) in [5, 5.41) is 0. The minimum absolute atomic E-state index is 0.137. The van der Waals surface area contributed by atoms with E-state index in [1.54, 1.807) is 13.4 Å². The number of hydrogen-bond acceptors (Lipinski definition) is 3. The first-order chi connectivity index (χ1) is 5.83. The second-order valence-electron chi connectivity index (χ2n) is 2.95. The molecule has 2 rings (SSSR count). The Labute approximate surface area is 70.3 Å². The molecule has 2 atom stereocenters. The molecule has 64 valence electrons. The Bertz CT molecular complexity index is 276. The molecule has 1 saturated carbocycles. The highest BCUT2D eigenvalue weighted by atomic mass is 16.5. The van der Waals surface area contributed by atoms with Crippen molar-refractivity contribution in [3.63, 3.8) is 0 Å². The van der Waals surface area contributed by atoms with E-state index in [1.807, 2.05) is 12.1 Å². The lowest BCUT2D eigenvalue weighted by Gasteiger charge is -2.31. The number of ether oxygens (including phenoxy) is 1. The molecule has 0 spiro atoms.